The molecule has 7 heteroatoms. The maximum absolute atomic E-state index is 12.9. The number of carbonyl (C=O) groups is 1. The molecule has 0 N–H and O–H groups in total. The van der Waals surface area contributed by atoms with Crippen molar-refractivity contribution in [3.05, 3.63) is 82.7 Å². The quantitative estimate of drug-likeness (QED) is 0.575. The smallest absolute Gasteiger partial charge is 0.406 e. The Labute approximate surface area is 171 Å². The number of carbonyl (C=O) groups excluding carboxylic acids is 1. The third-order valence-corrected chi connectivity index (χ3v) is 5.05. The first-order chi connectivity index (χ1) is 14.2. The normalized spacial score (nSPS) is 13.5. The van der Waals surface area contributed by atoms with Crippen molar-refractivity contribution in [2.75, 3.05) is 0 Å². The SMILES string of the molecule is Cc1ccc(-c2cc(C)c3c(c2)CN(Cc2ccc(OC(F)(F)F)cc2)C3=O)cn1. The summed E-state index contributed by atoms with van der Waals surface area (Å²) in [7, 11) is 0. The van der Waals surface area contributed by atoms with Crippen LogP contribution in [-0.2, 0) is 13.1 Å². The van der Waals surface area contributed by atoms with E-state index in [1.807, 2.05) is 44.3 Å². The van der Waals surface area contributed by atoms with E-state index in [0.29, 0.717) is 18.7 Å². The minimum absolute atomic E-state index is 0.0771. The van der Waals surface area contributed by atoms with Crippen LogP contribution in [0.3, 0.4) is 0 Å². The number of ether oxygens (including phenoxy) is 1. The van der Waals surface area contributed by atoms with Gasteiger partial charge >= 0.3 is 6.36 Å². The number of aryl methyl sites for hydroxylation is 2. The van der Waals surface area contributed by atoms with E-state index in [9.17, 15) is 18.0 Å². The van der Waals surface area contributed by atoms with Crippen molar-refractivity contribution in [2.45, 2.75) is 33.3 Å². The van der Waals surface area contributed by atoms with Crippen LogP contribution in [0.5, 0.6) is 5.75 Å². The van der Waals surface area contributed by atoms with Crippen LogP contribution in [0.1, 0.15) is 32.7 Å². The van der Waals surface area contributed by atoms with E-state index in [1.165, 1.54) is 24.3 Å². The summed E-state index contributed by atoms with van der Waals surface area (Å²) in [6, 6.07) is 13.5. The minimum atomic E-state index is -4.73. The van der Waals surface area contributed by atoms with Crippen LogP contribution in [0.15, 0.2) is 54.7 Å². The highest BCUT2D eigenvalue weighted by Gasteiger charge is 2.31. The van der Waals surface area contributed by atoms with Gasteiger partial charge in [-0.25, -0.2) is 0 Å². The molecule has 0 saturated carbocycles. The molecule has 30 heavy (non-hydrogen) atoms. The molecule has 1 aliphatic heterocycles. The average molecular weight is 412 g/mol. The fourth-order valence-electron chi connectivity index (χ4n) is 3.68. The van der Waals surface area contributed by atoms with E-state index in [-0.39, 0.29) is 11.7 Å². The lowest BCUT2D eigenvalue weighted by Gasteiger charge is -2.16. The number of hydrogen-bond acceptors (Lipinski definition) is 3. The van der Waals surface area contributed by atoms with Gasteiger partial charge in [0.1, 0.15) is 5.75 Å². The Balaban J connectivity index is 1.53. The Kier molecular flexibility index (Phi) is 4.97. The lowest BCUT2D eigenvalue weighted by molar-refractivity contribution is -0.274. The van der Waals surface area contributed by atoms with Gasteiger partial charge in [-0.1, -0.05) is 24.3 Å². The van der Waals surface area contributed by atoms with E-state index >= 15 is 0 Å². The average Bonchev–Trinajstić information content (AvgIpc) is 2.98. The molecule has 1 aromatic heterocycles. The predicted molar refractivity (Wildman–Crippen MR) is 106 cm³/mol. The third-order valence-electron chi connectivity index (χ3n) is 5.05. The van der Waals surface area contributed by atoms with Crippen LogP contribution < -0.4 is 4.74 Å². The van der Waals surface area contributed by atoms with Gasteiger partial charge in [-0.3, -0.25) is 9.78 Å². The summed E-state index contributed by atoms with van der Waals surface area (Å²) in [6.07, 6.45) is -2.91. The first-order valence-corrected chi connectivity index (χ1v) is 9.40. The number of aromatic nitrogens is 1. The van der Waals surface area contributed by atoms with E-state index in [4.69, 9.17) is 0 Å². The van der Waals surface area contributed by atoms with Crippen LogP contribution >= 0.6 is 0 Å². The number of fused-ring (bicyclic) bond motifs is 1. The Morgan fingerprint density at radius 1 is 1.03 bits per heavy atom. The number of rotatable bonds is 4. The maximum Gasteiger partial charge on any atom is 0.573 e. The van der Waals surface area contributed by atoms with Crippen molar-refractivity contribution in [3.63, 3.8) is 0 Å². The molecule has 0 radical (unpaired) electrons. The van der Waals surface area contributed by atoms with Crippen molar-refractivity contribution in [3.8, 4) is 16.9 Å². The van der Waals surface area contributed by atoms with E-state index in [2.05, 4.69) is 9.72 Å². The predicted octanol–water partition coefficient (Wildman–Crippen LogP) is 5.42. The van der Waals surface area contributed by atoms with Gasteiger partial charge in [0.25, 0.3) is 5.91 Å². The Hall–Kier alpha value is -3.35. The molecule has 0 atom stereocenters. The summed E-state index contributed by atoms with van der Waals surface area (Å²) in [5, 5.41) is 0. The van der Waals surface area contributed by atoms with E-state index < -0.39 is 6.36 Å². The van der Waals surface area contributed by atoms with Gasteiger partial charge in [0.05, 0.1) is 0 Å². The molecule has 2 aromatic carbocycles. The lowest BCUT2D eigenvalue weighted by atomic mass is 9.97. The zero-order valence-electron chi connectivity index (χ0n) is 16.5. The summed E-state index contributed by atoms with van der Waals surface area (Å²) in [5.74, 6) is -0.360. The lowest BCUT2D eigenvalue weighted by Crippen LogP contribution is -2.23. The largest absolute Gasteiger partial charge is 0.573 e. The second-order valence-corrected chi connectivity index (χ2v) is 7.37. The second-order valence-electron chi connectivity index (χ2n) is 7.37. The minimum Gasteiger partial charge on any atom is -0.406 e. The Morgan fingerprint density at radius 3 is 2.40 bits per heavy atom. The molecular weight excluding hydrogens is 393 g/mol. The van der Waals surface area contributed by atoms with Crippen molar-refractivity contribution in [2.24, 2.45) is 0 Å². The molecule has 2 heterocycles. The van der Waals surface area contributed by atoms with E-state index in [0.717, 1.165) is 33.5 Å². The van der Waals surface area contributed by atoms with Crippen molar-refractivity contribution < 1.29 is 22.7 Å². The standard InChI is InChI=1S/C23H19F3N2O2/c1-14-9-18(17-6-3-15(2)27-11-17)10-19-13-28(22(29)21(14)19)12-16-4-7-20(8-5-16)30-23(24,25)26/h3-11H,12-13H2,1-2H3. The van der Waals surface area contributed by atoms with Crippen LogP contribution in [-0.4, -0.2) is 22.2 Å². The molecule has 0 saturated heterocycles. The van der Waals surface area contributed by atoms with Crippen molar-refractivity contribution in [1.82, 2.24) is 9.88 Å². The van der Waals surface area contributed by atoms with Gasteiger partial charge in [-0.2, -0.15) is 0 Å². The van der Waals surface area contributed by atoms with E-state index in [1.54, 1.807) is 4.90 Å². The van der Waals surface area contributed by atoms with Gasteiger partial charge in [-0.15, -0.1) is 13.2 Å². The first-order valence-electron chi connectivity index (χ1n) is 9.40. The molecule has 0 fully saturated rings. The maximum atomic E-state index is 12.9. The summed E-state index contributed by atoms with van der Waals surface area (Å²) in [5.41, 5.74) is 6.17. The summed E-state index contributed by atoms with van der Waals surface area (Å²) in [6.45, 7) is 4.59. The third kappa shape index (κ3) is 4.15. The van der Waals surface area contributed by atoms with Gasteiger partial charge in [0.2, 0.25) is 0 Å². The molecule has 0 bridgehead atoms. The summed E-state index contributed by atoms with van der Waals surface area (Å²) in [4.78, 5) is 18.9. The number of pyridine rings is 1. The summed E-state index contributed by atoms with van der Waals surface area (Å²) >= 11 is 0. The Morgan fingerprint density at radius 2 is 1.77 bits per heavy atom. The van der Waals surface area contributed by atoms with Crippen LogP contribution in [0.25, 0.3) is 11.1 Å². The molecule has 1 amide bonds. The number of alkyl halides is 3. The molecule has 4 rings (SSSR count). The number of hydrogen-bond donors (Lipinski definition) is 0. The van der Waals surface area contributed by atoms with Gasteiger partial charge in [0.15, 0.2) is 0 Å². The molecule has 154 valence electrons. The first kappa shape index (κ1) is 19.9. The number of benzene rings is 2. The Bertz CT molecular complexity index is 1090. The highest BCUT2D eigenvalue weighted by atomic mass is 19.4. The molecule has 1 aliphatic rings. The van der Waals surface area contributed by atoms with Crippen LogP contribution in [0.2, 0.25) is 0 Å². The number of nitrogens with zero attached hydrogens (tertiary/aromatic N) is 2. The van der Waals surface area contributed by atoms with Crippen molar-refractivity contribution in [1.29, 1.82) is 0 Å². The highest BCUT2D eigenvalue weighted by Crippen LogP contribution is 2.32. The topological polar surface area (TPSA) is 42.4 Å². The zero-order valence-corrected chi connectivity index (χ0v) is 16.5. The molecule has 4 nitrogen and oxygen atoms in total. The molecule has 0 spiro atoms. The monoisotopic (exact) mass is 412 g/mol. The molecular formula is C23H19F3N2O2. The van der Waals surface area contributed by atoms with Crippen LogP contribution in [0.4, 0.5) is 13.2 Å². The number of amides is 1. The van der Waals surface area contributed by atoms with Crippen molar-refractivity contribution >= 4 is 5.91 Å². The van der Waals surface area contributed by atoms with Gasteiger partial charge < -0.3 is 9.64 Å². The molecule has 0 aliphatic carbocycles. The second kappa shape index (κ2) is 7.48. The fourth-order valence-corrected chi connectivity index (χ4v) is 3.68. The van der Waals surface area contributed by atoms with Crippen LogP contribution in [0, 0.1) is 13.8 Å². The summed E-state index contributed by atoms with van der Waals surface area (Å²) < 4.78 is 40.8. The fraction of sp³-hybridized carbons (Fsp3) is 0.217. The number of halogens is 3. The molecule has 0 unspecified atom stereocenters. The molecule has 3 aromatic rings. The zero-order chi connectivity index (χ0) is 21.5. The van der Waals surface area contributed by atoms with Gasteiger partial charge in [0, 0.05) is 36.1 Å². The highest BCUT2D eigenvalue weighted by molar-refractivity contribution is 6.00. The van der Waals surface area contributed by atoms with Gasteiger partial charge in [-0.05, 0) is 60.4 Å².